The molecule has 3 rings (SSSR count). The molecule has 3 unspecified atom stereocenters. The van der Waals surface area contributed by atoms with E-state index in [0.717, 1.165) is 31.6 Å². The molecule has 4 heteroatoms. The average molecular weight is 356 g/mol. The van der Waals surface area contributed by atoms with Gasteiger partial charge in [-0.2, -0.15) is 11.8 Å². The summed E-state index contributed by atoms with van der Waals surface area (Å²) < 4.78 is 7.27. The van der Waals surface area contributed by atoms with Gasteiger partial charge in [0.15, 0.2) is 0 Å². The summed E-state index contributed by atoms with van der Waals surface area (Å²) in [6, 6.07) is 8.65. The minimum Gasteiger partial charge on any atom is -0.374 e. The van der Waals surface area contributed by atoms with E-state index in [9.17, 15) is 0 Å². The molecule has 2 aliphatic rings. The molecule has 2 saturated heterocycles. The van der Waals surface area contributed by atoms with E-state index < -0.39 is 0 Å². The summed E-state index contributed by atoms with van der Waals surface area (Å²) in [7, 11) is 0. The van der Waals surface area contributed by atoms with Crippen LogP contribution in [0.2, 0.25) is 0 Å². The van der Waals surface area contributed by atoms with Crippen molar-refractivity contribution in [2.24, 2.45) is 11.7 Å². The third-order valence-electron chi connectivity index (χ3n) is 4.62. The van der Waals surface area contributed by atoms with Crippen molar-refractivity contribution < 1.29 is 4.74 Å². The molecule has 20 heavy (non-hydrogen) atoms. The molecule has 2 aliphatic heterocycles. The van der Waals surface area contributed by atoms with Gasteiger partial charge in [0.25, 0.3) is 0 Å². The summed E-state index contributed by atoms with van der Waals surface area (Å²) in [4.78, 5) is 0. The van der Waals surface area contributed by atoms with E-state index >= 15 is 0 Å². The number of ether oxygens (including phenoxy) is 1. The maximum absolute atomic E-state index is 6.52. The number of hydrogen-bond donors (Lipinski definition) is 1. The van der Waals surface area contributed by atoms with Gasteiger partial charge in [-0.15, -0.1) is 0 Å². The Morgan fingerprint density at radius 3 is 3.05 bits per heavy atom. The van der Waals surface area contributed by atoms with Crippen LogP contribution in [0, 0.1) is 5.92 Å². The van der Waals surface area contributed by atoms with Crippen molar-refractivity contribution in [3.63, 3.8) is 0 Å². The van der Waals surface area contributed by atoms with Gasteiger partial charge >= 0.3 is 0 Å². The van der Waals surface area contributed by atoms with E-state index in [-0.39, 0.29) is 11.6 Å². The topological polar surface area (TPSA) is 35.2 Å². The number of halogens is 1. The molecule has 2 fully saturated rings. The molecule has 2 heterocycles. The van der Waals surface area contributed by atoms with Crippen molar-refractivity contribution in [3.8, 4) is 0 Å². The molecule has 1 spiro atoms. The Morgan fingerprint density at radius 2 is 2.30 bits per heavy atom. The second-order valence-electron chi connectivity index (χ2n) is 6.05. The normalized spacial score (nSPS) is 31.6. The number of thioether (sulfide) groups is 1. The zero-order valence-electron chi connectivity index (χ0n) is 11.7. The van der Waals surface area contributed by atoms with E-state index in [1.165, 1.54) is 22.2 Å². The fraction of sp³-hybridized carbons (Fsp3) is 0.625. The number of nitrogens with two attached hydrogens (primary N) is 1. The Morgan fingerprint density at radius 1 is 1.45 bits per heavy atom. The quantitative estimate of drug-likeness (QED) is 0.899. The third kappa shape index (κ3) is 3.24. The highest BCUT2D eigenvalue weighted by atomic mass is 79.9. The summed E-state index contributed by atoms with van der Waals surface area (Å²) >= 11 is 5.65. The summed E-state index contributed by atoms with van der Waals surface area (Å²) in [5, 5.41) is 0. The fourth-order valence-electron chi connectivity index (χ4n) is 3.38. The first-order valence-electron chi connectivity index (χ1n) is 7.39. The van der Waals surface area contributed by atoms with E-state index in [2.05, 4.69) is 40.2 Å². The van der Waals surface area contributed by atoms with Crippen LogP contribution < -0.4 is 5.73 Å². The van der Waals surface area contributed by atoms with E-state index in [1.54, 1.807) is 0 Å². The summed E-state index contributed by atoms with van der Waals surface area (Å²) in [6.07, 6.45) is 4.41. The number of benzene rings is 1. The van der Waals surface area contributed by atoms with Crippen molar-refractivity contribution >= 4 is 27.7 Å². The Hall–Kier alpha value is -0.0300. The zero-order chi connectivity index (χ0) is 14.0. The van der Waals surface area contributed by atoms with Gasteiger partial charge in [-0.25, -0.2) is 0 Å². The van der Waals surface area contributed by atoms with Crippen LogP contribution in [-0.2, 0) is 11.2 Å². The smallest absolute Gasteiger partial charge is 0.0783 e. The second kappa shape index (κ2) is 6.39. The molecule has 3 atom stereocenters. The van der Waals surface area contributed by atoms with Gasteiger partial charge in [0.05, 0.1) is 5.60 Å². The lowest BCUT2D eigenvalue weighted by Gasteiger charge is -2.40. The monoisotopic (exact) mass is 355 g/mol. The first kappa shape index (κ1) is 14.9. The van der Waals surface area contributed by atoms with Gasteiger partial charge in [-0.05, 0) is 49.0 Å². The van der Waals surface area contributed by atoms with Gasteiger partial charge in [-0.1, -0.05) is 34.1 Å². The molecular formula is C16H22BrNOS. The van der Waals surface area contributed by atoms with E-state index in [4.69, 9.17) is 10.5 Å². The fourth-order valence-corrected chi connectivity index (χ4v) is 5.20. The predicted molar refractivity (Wildman–Crippen MR) is 89.2 cm³/mol. The lowest BCUT2D eigenvalue weighted by Crippen LogP contribution is -2.46. The van der Waals surface area contributed by atoms with Crippen LogP contribution in [0.15, 0.2) is 28.7 Å². The standard InChI is InChI=1S/C16H22BrNOS/c17-14-4-2-1-3-12(14)9-15(18)13-5-7-19-16(10-13)6-8-20-11-16/h1-4,13,15H,5-11,18H2. The van der Waals surface area contributed by atoms with Crippen LogP contribution >= 0.6 is 27.7 Å². The number of rotatable bonds is 3. The maximum Gasteiger partial charge on any atom is 0.0783 e. The van der Waals surface area contributed by atoms with Crippen LogP contribution in [0.3, 0.4) is 0 Å². The van der Waals surface area contributed by atoms with Crippen molar-refractivity contribution in [2.45, 2.75) is 37.3 Å². The molecule has 110 valence electrons. The summed E-state index contributed by atoms with van der Waals surface area (Å²) in [5.74, 6) is 2.99. The molecule has 0 saturated carbocycles. The minimum atomic E-state index is 0.138. The van der Waals surface area contributed by atoms with Crippen molar-refractivity contribution in [3.05, 3.63) is 34.3 Å². The van der Waals surface area contributed by atoms with Crippen LogP contribution in [-0.4, -0.2) is 29.8 Å². The lowest BCUT2D eigenvalue weighted by molar-refractivity contribution is -0.0831. The Kier molecular flexibility index (Phi) is 4.75. The average Bonchev–Trinajstić information content (AvgIpc) is 2.89. The SMILES string of the molecule is NC(Cc1ccccc1Br)C1CCOC2(CCSC2)C1. The van der Waals surface area contributed by atoms with Crippen molar-refractivity contribution in [1.82, 2.24) is 0 Å². The Balaban J connectivity index is 1.65. The summed E-state index contributed by atoms with van der Waals surface area (Å²) in [6.45, 7) is 0.884. The second-order valence-corrected chi connectivity index (χ2v) is 8.01. The van der Waals surface area contributed by atoms with Crippen LogP contribution in [0.4, 0.5) is 0 Å². The molecule has 1 aromatic carbocycles. The zero-order valence-corrected chi connectivity index (χ0v) is 14.1. The van der Waals surface area contributed by atoms with Crippen LogP contribution in [0.1, 0.15) is 24.8 Å². The molecule has 1 aromatic rings. The molecule has 0 bridgehead atoms. The van der Waals surface area contributed by atoms with E-state index in [1.807, 2.05) is 11.8 Å². The van der Waals surface area contributed by atoms with Gasteiger partial charge < -0.3 is 10.5 Å². The molecule has 0 aromatic heterocycles. The molecule has 0 aliphatic carbocycles. The molecule has 0 amide bonds. The van der Waals surface area contributed by atoms with Crippen molar-refractivity contribution in [2.75, 3.05) is 18.1 Å². The highest BCUT2D eigenvalue weighted by molar-refractivity contribution is 9.10. The van der Waals surface area contributed by atoms with Crippen LogP contribution in [0.25, 0.3) is 0 Å². The third-order valence-corrected chi connectivity index (χ3v) is 6.61. The summed E-state index contributed by atoms with van der Waals surface area (Å²) in [5.41, 5.74) is 7.98. The van der Waals surface area contributed by atoms with Gasteiger partial charge in [0.2, 0.25) is 0 Å². The first-order valence-corrected chi connectivity index (χ1v) is 9.34. The largest absolute Gasteiger partial charge is 0.374 e. The molecule has 2 N–H and O–H groups in total. The number of hydrogen-bond acceptors (Lipinski definition) is 3. The maximum atomic E-state index is 6.52. The first-order chi connectivity index (χ1) is 9.69. The van der Waals surface area contributed by atoms with Crippen LogP contribution in [0.5, 0.6) is 0 Å². The minimum absolute atomic E-state index is 0.138. The van der Waals surface area contributed by atoms with Gasteiger partial charge in [0.1, 0.15) is 0 Å². The molecular weight excluding hydrogens is 334 g/mol. The molecule has 2 nitrogen and oxygen atoms in total. The van der Waals surface area contributed by atoms with Gasteiger partial charge in [-0.3, -0.25) is 0 Å². The van der Waals surface area contributed by atoms with E-state index in [0.29, 0.717) is 5.92 Å². The highest BCUT2D eigenvalue weighted by Crippen LogP contribution is 2.41. The Bertz CT molecular complexity index is 462. The van der Waals surface area contributed by atoms with Gasteiger partial charge in [0, 0.05) is 22.9 Å². The predicted octanol–water partition coefficient (Wildman–Crippen LogP) is 3.62. The molecule has 0 radical (unpaired) electrons. The Labute approximate surface area is 134 Å². The lowest BCUT2D eigenvalue weighted by atomic mass is 9.80. The van der Waals surface area contributed by atoms with Crippen molar-refractivity contribution in [1.29, 1.82) is 0 Å². The highest BCUT2D eigenvalue weighted by Gasteiger charge is 2.41.